The minimum absolute atomic E-state index is 0.482. The first-order valence-electron chi connectivity index (χ1n) is 4.52. The van der Waals surface area contributed by atoms with Crippen LogP contribution in [0.3, 0.4) is 0 Å². The Kier molecular flexibility index (Phi) is 3.10. The van der Waals surface area contributed by atoms with Crippen molar-refractivity contribution in [3.63, 3.8) is 0 Å². The summed E-state index contributed by atoms with van der Waals surface area (Å²) in [6.45, 7) is 5.38. The highest BCUT2D eigenvalue weighted by molar-refractivity contribution is 6.71. The Bertz CT molecular complexity index is 125. The van der Waals surface area contributed by atoms with Gasteiger partial charge in [0, 0.05) is 6.10 Å². The first kappa shape index (κ1) is 9.23. The summed E-state index contributed by atoms with van der Waals surface area (Å²) in [4.78, 5) is 0. The van der Waals surface area contributed by atoms with Gasteiger partial charge in [-0.15, -0.1) is 0 Å². The molecule has 1 unspecified atom stereocenters. The van der Waals surface area contributed by atoms with E-state index in [4.69, 9.17) is 10.2 Å². The lowest BCUT2D eigenvalue weighted by Crippen LogP contribution is -2.40. The molecule has 2 N–H and O–H groups in total. The van der Waals surface area contributed by atoms with E-state index in [0.29, 0.717) is 6.10 Å². The van der Waals surface area contributed by atoms with Crippen molar-refractivity contribution in [2.24, 2.45) is 5.73 Å². The van der Waals surface area contributed by atoms with Crippen LogP contribution in [0.25, 0.3) is 0 Å². The molecule has 0 aromatic rings. The number of nitrogens with two attached hydrogens (primary N) is 1. The topological polar surface area (TPSA) is 35.2 Å². The molecule has 0 radical (unpaired) electrons. The van der Waals surface area contributed by atoms with Crippen LogP contribution in [0, 0.1) is 0 Å². The molecule has 1 atom stereocenters. The summed E-state index contributed by atoms with van der Waals surface area (Å²) in [5.41, 5.74) is 5.48. The molecule has 0 aromatic carbocycles. The number of rotatable bonds is 2. The lowest BCUT2D eigenvalue weighted by atomic mass is 10.1. The van der Waals surface area contributed by atoms with Gasteiger partial charge in [0.25, 0.3) is 0 Å². The van der Waals surface area contributed by atoms with Crippen molar-refractivity contribution in [3.05, 3.63) is 0 Å². The fraction of sp³-hybridized carbons (Fsp3) is 1.00. The molecule has 1 heterocycles. The summed E-state index contributed by atoms with van der Waals surface area (Å²) in [7, 11) is -1.25. The lowest BCUT2D eigenvalue weighted by Gasteiger charge is -2.34. The second-order valence-electron chi connectivity index (χ2n) is 3.97. The van der Waals surface area contributed by atoms with E-state index in [9.17, 15) is 0 Å². The highest BCUT2D eigenvalue weighted by atomic mass is 28.4. The van der Waals surface area contributed by atoms with Crippen LogP contribution in [0.4, 0.5) is 0 Å². The van der Waals surface area contributed by atoms with E-state index < -0.39 is 8.32 Å². The van der Waals surface area contributed by atoms with Gasteiger partial charge in [-0.3, -0.25) is 0 Å². The Morgan fingerprint density at radius 3 is 2.82 bits per heavy atom. The van der Waals surface area contributed by atoms with Crippen molar-refractivity contribution in [3.8, 4) is 0 Å². The van der Waals surface area contributed by atoms with E-state index in [2.05, 4.69) is 13.1 Å². The van der Waals surface area contributed by atoms with Crippen LogP contribution in [0.15, 0.2) is 0 Å². The maximum absolute atomic E-state index is 5.97. The Morgan fingerprint density at radius 2 is 2.27 bits per heavy atom. The molecule has 0 spiro atoms. The molecule has 1 rings (SSSR count). The molecule has 1 aliphatic heterocycles. The fourth-order valence-corrected chi connectivity index (χ4v) is 4.03. The van der Waals surface area contributed by atoms with E-state index in [1.165, 1.54) is 18.9 Å². The summed E-state index contributed by atoms with van der Waals surface area (Å²) < 4.78 is 5.97. The Balaban J connectivity index is 2.34. The summed E-state index contributed by atoms with van der Waals surface area (Å²) in [6.07, 6.45) is 4.11. The van der Waals surface area contributed by atoms with E-state index in [1.54, 1.807) is 0 Å². The maximum Gasteiger partial charge on any atom is 0.187 e. The molecule has 3 heteroatoms. The minimum atomic E-state index is -1.25. The van der Waals surface area contributed by atoms with Gasteiger partial charge in [0.1, 0.15) is 0 Å². The molecular weight excluding hydrogens is 154 g/mol. The molecule has 0 bridgehead atoms. The zero-order chi connectivity index (χ0) is 8.32. The van der Waals surface area contributed by atoms with Crippen LogP contribution in [0.2, 0.25) is 19.1 Å². The highest BCUT2D eigenvalue weighted by Gasteiger charge is 2.30. The van der Waals surface area contributed by atoms with Crippen LogP contribution in [0.1, 0.15) is 19.3 Å². The van der Waals surface area contributed by atoms with Gasteiger partial charge in [0.15, 0.2) is 8.32 Å². The molecule has 2 nitrogen and oxygen atoms in total. The number of hydrogen-bond acceptors (Lipinski definition) is 2. The Labute approximate surface area is 70.2 Å². The van der Waals surface area contributed by atoms with Crippen LogP contribution >= 0.6 is 0 Å². The van der Waals surface area contributed by atoms with Crippen molar-refractivity contribution >= 4 is 8.32 Å². The third-order valence-corrected chi connectivity index (χ3v) is 4.81. The highest BCUT2D eigenvalue weighted by Crippen LogP contribution is 2.26. The molecular formula is C8H19NOSi. The molecule has 0 saturated carbocycles. The van der Waals surface area contributed by atoms with Crippen molar-refractivity contribution in [2.75, 3.05) is 6.54 Å². The van der Waals surface area contributed by atoms with Gasteiger partial charge >= 0.3 is 0 Å². The van der Waals surface area contributed by atoms with Crippen molar-refractivity contribution in [1.82, 2.24) is 0 Å². The SMILES string of the molecule is C[Si]1(C)CCCC(CCN)O1. The first-order valence-corrected chi connectivity index (χ1v) is 7.63. The van der Waals surface area contributed by atoms with E-state index >= 15 is 0 Å². The summed E-state index contributed by atoms with van der Waals surface area (Å²) >= 11 is 0. The summed E-state index contributed by atoms with van der Waals surface area (Å²) in [5, 5.41) is 0. The molecule has 0 aromatic heterocycles. The van der Waals surface area contributed by atoms with E-state index in [0.717, 1.165) is 13.0 Å². The molecule has 1 fully saturated rings. The van der Waals surface area contributed by atoms with Gasteiger partial charge < -0.3 is 10.2 Å². The lowest BCUT2D eigenvalue weighted by molar-refractivity contribution is 0.154. The standard InChI is InChI=1S/C8H19NOSi/c1-11(2)7-3-4-8(10-11)5-6-9/h8H,3-7,9H2,1-2H3. The third kappa shape index (κ3) is 2.93. The van der Waals surface area contributed by atoms with Gasteiger partial charge in [-0.25, -0.2) is 0 Å². The maximum atomic E-state index is 5.97. The minimum Gasteiger partial charge on any atom is -0.414 e. The average Bonchev–Trinajstić information content (AvgIpc) is 1.85. The average molecular weight is 173 g/mol. The van der Waals surface area contributed by atoms with Crippen LogP contribution < -0.4 is 5.73 Å². The number of hydrogen-bond donors (Lipinski definition) is 1. The van der Waals surface area contributed by atoms with Gasteiger partial charge in [-0.2, -0.15) is 0 Å². The van der Waals surface area contributed by atoms with Crippen LogP contribution in [-0.4, -0.2) is 21.0 Å². The van der Waals surface area contributed by atoms with E-state index in [-0.39, 0.29) is 0 Å². The van der Waals surface area contributed by atoms with Crippen LogP contribution in [-0.2, 0) is 4.43 Å². The van der Waals surface area contributed by atoms with Crippen LogP contribution in [0.5, 0.6) is 0 Å². The molecule has 0 aliphatic carbocycles. The van der Waals surface area contributed by atoms with Crippen molar-refractivity contribution in [2.45, 2.75) is 44.5 Å². The molecule has 1 saturated heterocycles. The second-order valence-corrected chi connectivity index (χ2v) is 8.22. The van der Waals surface area contributed by atoms with Crippen molar-refractivity contribution < 1.29 is 4.43 Å². The van der Waals surface area contributed by atoms with Gasteiger partial charge in [0.2, 0.25) is 0 Å². The van der Waals surface area contributed by atoms with E-state index in [1.807, 2.05) is 0 Å². The summed E-state index contributed by atoms with van der Waals surface area (Å²) in [5.74, 6) is 0. The second kappa shape index (κ2) is 3.69. The quantitative estimate of drug-likeness (QED) is 0.645. The largest absolute Gasteiger partial charge is 0.414 e. The molecule has 1 aliphatic rings. The Morgan fingerprint density at radius 1 is 1.55 bits per heavy atom. The zero-order valence-electron chi connectivity index (χ0n) is 7.60. The first-order chi connectivity index (χ1) is 5.14. The smallest absolute Gasteiger partial charge is 0.187 e. The third-order valence-electron chi connectivity index (χ3n) is 2.28. The molecule has 11 heavy (non-hydrogen) atoms. The van der Waals surface area contributed by atoms with Gasteiger partial charge in [0.05, 0.1) is 0 Å². The predicted octanol–water partition coefficient (Wildman–Crippen LogP) is 1.72. The fourth-order valence-electron chi connectivity index (χ4n) is 1.71. The predicted molar refractivity (Wildman–Crippen MR) is 50.1 cm³/mol. The monoisotopic (exact) mass is 173 g/mol. The normalized spacial score (nSPS) is 30.3. The molecule has 0 amide bonds. The van der Waals surface area contributed by atoms with Crippen molar-refractivity contribution in [1.29, 1.82) is 0 Å². The summed E-state index contributed by atoms with van der Waals surface area (Å²) in [6, 6.07) is 1.33. The van der Waals surface area contributed by atoms with Gasteiger partial charge in [-0.1, -0.05) is 6.42 Å². The molecule has 66 valence electrons. The Hall–Kier alpha value is 0.137. The van der Waals surface area contributed by atoms with Gasteiger partial charge in [-0.05, 0) is 38.5 Å². The zero-order valence-corrected chi connectivity index (χ0v) is 8.60.